The van der Waals surface area contributed by atoms with Crippen LogP contribution >= 0.6 is 0 Å². The third kappa shape index (κ3) is 17.4. The molecule has 0 amide bonds. The summed E-state index contributed by atoms with van der Waals surface area (Å²) in [7, 11) is 0. The topological polar surface area (TPSA) is 34.1 Å². The van der Waals surface area contributed by atoms with Gasteiger partial charge in [0.05, 0.1) is 0 Å². The molecule has 0 N–H and O–H groups in total. The summed E-state index contributed by atoms with van der Waals surface area (Å²) < 4.78 is 16.9. The molecule has 0 aliphatic rings. The van der Waals surface area contributed by atoms with Crippen molar-refractivity contribution in [2.75, 3.05) is 0 Å². The maximum absolute atomic E-state index is 8.44. The molecule has 0 saturated heterocycles. The van der Waals surface area contributed by atoms with Crippen molar-refractivity contribution in [3.05, 3.63) is 0 Å². The summed E-state index contributed by atoms with van der Waals surface area (Å²) in [5.74, 6) is 0. The van der Waals surface area contributed by atoms with Gasteiger partial charge in [0, 0.05) is 17.1 Å². The first-order chi connectivity index (χ1) is 1.41. The van der Waals surface area contributed by atoms with Crippen LogP contribution in [0.5, 0.6) is 0 Å². The zero-order valence-corrected chi connectivity index (χ0v) is 4.18. The van der Waals surface area contributed by atoms with E-state index in [-0.39, 0.29) is 17.1 Å². The normalized spacial score (nSPS) is 3.00. The Balaban J connectivity index is 0. The van der Waals surface area contributed by atoms with E-state index in [9.17, 15) is 0 Å². The van der Waals surface area contributed by atoms with Gasteiger partial charge in [-0.15, -0.1) is 0 Å². The van der Waals surface area contributed by atoms with Crippen LogP contribution in [-0.4, -0.2) is 14.8 Å². The standard InChI is InChI=1S/Cu.O2Se/c;1-3-2. The van der Waals surface area contributed by atoms with Crippen molar-refractivity contribution in [3.63, 3.8) is 0 Å². The Hall–Kier alpha value is 0.639. The van der Waals surface area contributed by atoms with Gasteiger partial charge >= 0.3 is 22.5 Å². The summed E-state index contributed by atoms with van der Waals surface area (Å²) in [5.41, 5.74) is 0. The van der Waals surface area contributed by atoms with Crippen LogP contribution in [0.4, 0.5) is 0 Å². The minimum Gasteiger partial charge on any atom is 0 e. The Morgan fingerprint density at radius 2 is 1.25 bits per heavy atom. The van der Waals surface area contributed by atoms with Gasteiger partial charge in [0.25, 0.3) is 0 Å². The molecule has 0 aromatic carbocycles. The van der Waals surface area contributed by atoms with Crippen molar-refractivity contribution >= 4 is 14.8 Å². The van der Waals surface area contributed by atoms with Gasteiger partial charge in [-0.3, -0.25) is 0 Å². The van der Waals surface area contributed by atoms with E-state index >= 15 is 0 Å². The third-order valence-corrected chi connectivity index (χ3v) is 0. The minimum absolute atomic E-state index is 0. The fourth-order valence-electron chi connectivity index (χ4n) is 0. The maximum atomic E-state index is 8.44. The first-order valence-corrected chi connectivity index (χ1v) is 1.73. The monoisotopic (exact) mass is 175 g/mol. The molecule has 1 radical (unpaired) electrons. The average Bonchev–Trinajstić information content (AvgIpc) is 0.918. The molecule has 4 heavy (non-hydrogen) atoms. The maximum Gasteiger partial charge on any atom is 0 e. The zero-order chi connectivity index (χ0) is 2.71. The summed E-state index contributed by atoms with van der Waals surface area (Å²) in [6.07, 6.45) is 0. The second kappa shape index (κ2) is 9.43. The van der Waals surface area contributed by atoms with E-state index in [1.165, 1.54) is 0 Å². The van der Waals surface area contributed by atoms with Crippen LogP contribution in [0.1, 0.15) is 0 Å². The number of hydrogen-bond donors (Lipinski definition) is 0. The average molecular weight is 175 g/mol. The van der Waals surface area contributed by atoms with E-state index in [1.807, 2.05) is 0 Å². The Labute approximate surface area is 40.0 Å². The zero-order valence-electron chi connectivity index (χ0n) is 1.53. The van der Waals surface area contributed by atoms with E-state index < -0.39 is 14.8 Å². The molecule has 0 spiro atoms. The Bertz CT molecular complexity index is 27.0. The summed E-state index contributed by atoms with van der Waals surface area (Å²) in [5, 5.41) is 0. The van der Waals surface area contributed by atoms with Gasteiger partial charge in [0.1, 0.15) is 0 Å². The van der Waals surface area contributed by atoms with Gasteiger partial charge in [0.15, 0.2) is 0 Å². The smallest absolute Gasteiger partial charge is 0 e. The third-order valence-electron chi connectivity index (χ3n) is 0. The van der Waals surface area contributed by atoms with Crippen LogP contribution in [0, 0.1) is 0 Å². The Morgan fingerprint density at radius 1 is 1.25 bits per heavy atom. The van der Waals surface area contributed by atoms with E-state index in [4.69, 9.17) is 7.67 Å². The second-order valence-electron chi connectivity index (χ2n) is 0.0680. The van der Waals surface area contributed by atoms with Gasteiger partial charge in [-0.25, -0.2) is 0 Å². The molecule has 4 heteroatoms. The van der Waals surface area contributed by atoms with Crippen molar-refractivity contribution in [1.29, 1.82) is 0 Å². The van der Waals surface area contributed by atoms with Crippen LogP contribution < -0.4 is 0 Å². The Kier molecular flexibility index (Phi) is 20.8. The molecule has 0 fully saturated rings. The van der Waals surface area contributed by atoms with Gasteiger partial charge in [-0.05, 0) is 0 Å². The van der Waals surface area contributed by atoms with E-state index in [1.54, 1.807) is 0 Å². The van der Waals surface area contributed by atoms with Crippen molar-refractivity contribution in [2.24, 2.45) is 0 Å². The number of hydrogen-bond acceptors (Lipinski definition) is 2. The van der Waals surface area contributed by atoms with Crippen molar-refractivity contribution in [1.82, 2.24) is 0 Å². The molecule has 0 aliphatic heterocycles. The van der Waals surface area contributed by atoms with Gasteiger partial charge in [-0.1, -0.05) is 0 Å². The molecule has 0 unspecified atom stereocenters. The molecule has 29 valence electrons. The number of rotatable bonds is 0. The molecule has 0 bridgehead atoms. The molecule has 0 aromatic heterocycles. The molecule has 0 rings (SSSR count). The minimum atomic E-state index is -1.62. The molecule has 0 aromatic rings. The molecule has 0 aliphatic carbocycles. The van der Waals surface area contributed by atoms with Gasteiger partial charge in [-0.2, -0.15) is 0 Å². The molecule has 2 nitrogen and oxygen atoms in total. The first kappa shape index (κ1) is 8.82. The van der Waals surface area contributed by atoms with Crippen LogP contribution in [0.25, 0.3) is 0 Å². The van der Waals surface area contributed by atoms with Crippen LogP contribution in [0.3, 0.4) is 0 Å². The van der Waals surface area contributed by atoms with Gasteiger partial charge < -0.3 is 0 Å². The van der Waals surface area contributed by atoms with E-state index in [0.29, 0.717) is 0 Å². The predicted molar refractivity (Wildman–Crippen MR) is 7.13 cm³/mol. The van der Waals surface area contributed by atoms with Crippen molar-refractivity contribution in [2.45, 2.75) is 0 Å². The van der Waals surface area contributed by atoms with Crippen molar-refractivity contribution < 1.29 is 24.7 Å². The first-order valence-electron chi connectivity index (χ1n) is 0.333. The summed E-state index contributed by atoms with van der Waals surface area (Å²) in [6, 6.07) is 0. The molecule has 0 atom stereocenters. The van der Waals surface area contributed by atoms with Crippen molar-refractivity contribution in [3.8, 4) is 0 Å². The van der Waals surface area contributed by atoms with E-state index in [0.717, 1.165) is 0 Å². The summed E-state index contributed by atoms with van der Waals surface area (Å²) >= 11 is -1.62. The SMILES string of the molecule is O=[Se]=O.[Cu]. The Morgan fingerprint density at radius 3 is 1.25 bits per heavy atom. The fourth-order valence-corrected chi connectivity index (χ4v) is 0. The predicted octanol–water partition coefficient (Wildman–Crippen LogP) is -0.621. The molecular formula is CuO2Se. The molecular weight excluding hydrogens is 175 g/mol. The largest absolute Gasteiger partial charge is 0 e. The fraction of sp³-hybridized carbons (Fsp3) is 0. The van der Waals surface area contributed by atoms with Gasteiger partial charge in [0.2, 0.25) is 0 Å². The quantitative estimate of drug-likeness (QED) is 0.459. The second-order valence-corrected chi connectivity index (χ2v) is 0.354. The summed E-state index contributed by atoms with van der Waals surface area (Å²) in [6.45, 7) is 0. The van der Waals surface area contributed by atoms with Crippen LogP contribution in [-0.2, 0) is 24.7 Å². The van der Waals surface area contributed by atoms with Crippen LogP contribution in [0.2, 0.25) is 0 Å². The molecule has 0 heterocycles. The molecule has 0 saturated carbocycles. The van der Waals surface area contributed by atoms with E-state index in [2.05, 4.69) is 0 Å². The summed E-state index contributed by atoms with van der Waals surface area (Å²) in [4.78, 5) is 0. The van der Waals surface area contributed by atoms with Crippen LogP contribution in [0.15, 0.2) is 0 Å².